The first-order chi connectivity index (χ1) is 9.93. The number of hydrazine groups is 1. The van der Waals surface area contributed by atoms with Gasteiger partial charge in [0.2, 0.25) is 5.95 Å². The van der Waals surface area contributed by atoms with Crippen LogP contribution in [0.3, 0.4) is 0 Å². The summed E-state index contributed by atoms with van der Waals surface area (Å²) in [7, 11) is 1.58. The third kappa shape index (κ3) is 2.90. The minimum Gasteiger partial charge on any atom is -0.317 e. The molecule has 0 aliphatic rings. The van der Waals surface area contributed by atoms with E-state index >= 15 is 0 Å². The van der Waals surface area contributed by atoms with Crippen molar-refractivity contribution in [2.24, 2.45) is 12.9 Å². The van der Waals surface area contributed by atoms with E-state index in [1.54, 1.807) is 7.05 Å². The number of benzene rings is 1. The van der Waals surface area contributed by atoms with Crippen LogP contribution in [0.4, 0.5) is 17.3 Å². The third-order valence-corrected chi connectivity index (χ3v) is 2.91. The molecule has 0 bridgehead atoms. The highest BCUT2D eigenvalue weighted by Gasteiger charge is 2.21. The SMILES string of the molecule is Cn1ncnc1NC(=O)c1cc(Cl)c(NN)c([N+](=O)[O-])c1. The van der Waals surface area contributed by atoms with Crippen molar-refractivity contribution >= 4 is 34.8 Å². The molecule has 2 aromatic rings. The van der Waals surface area contributed by atoms with Gasteiger partial charge in [-0.1, -0.05) is 11.6 Å². The largest absolute Gasteiger partial charge is 0.317 e. The second-order valence-electron chi connectivity index (χ2n) is 3.92. The van der Waals surface area contributed by atoms with Crippen molar-refractivity contribution in [3.63, 3.8) is 0 Å². The van der Waals surface area contributed by atoms with E-state index in [2.05, 4.69) is 20.8 Å². The second-order valence-corrected chi connectivity index (χ2v) is 4.32. The molecule has 0 unspecified atom stereocenters. The van der Waals surface area contributed by atoms with E-state index in [1.165, 1.54) is 17.1 Å². The summed E-state index contributed by atoms with van der Waals surface area (Å²) >= 11 is 5.88. The predicted octanol–water partition coefficient (Wildman–Crippen LogP) is 0.915. The standard InChI is InChI=1S/C10H10ClN7O3/c1-17-10(13-4-14-17)15-9(19)5-2-6(11)8(16-12)7(3-5)18(20)21/h2-4,16H,12H2,1H3,(H,13,14,15,19). The molecule has 0 aliphatic carbocycles. The molecular formula is C10H10ClN7O3. The Morgan fingerprint density at radius 1 is 1.52 bits per heavy atom. The lowest BCUT2D eigenvalue weighted by Gasteiger charge is -2.08. The summed E-state index contributed by atoms with van der Waals surface area (Å²) < 4.78 is 1.34. The molecule has 0 fully saturated rings. The number of nitrogens with zero attached hydrogens (tertiary/aromatic N) is 4. The van der Waals surface area contributed by atoms with E-state index in [0.29, 0.717) is 0 Å². The number of carbonyl (C=O) groups is 1. The van der Waals surface area contributed by atoms with Crippen LogP contribution in [0.25, 0.3) is 0 Å². The molecule has 21 heavy (non-hydrogen) atoms. The minimum atomic E-state index is -0.694. The van der Waals surface area contributed by atoms with Crippen LogP contribution in [0.2, 0.25) is 5.02 Å². The Hall–Kier alpha value is -2.72. The Kier molecular flexibility index (Phi) is 4.00. The van der Waals surface area contributed by atoms with Crippen LogP contribution in [0.5, 0.6) is 0 Å². The maximum absolute atomic E-state index is 12.1. The molecule has 0 radical (unpaired) electrons. The number of carbonyl (C=O) groups excluding carboxylic acids is 1. The van der Waals surface area contributed by atoms with E-state index in [9.17, 15) is 14.9 Å². The summed E-state index contributed by atoms with van der Waals surface area (Å²) in [5, 5.41) is 17.2. The number of nitrogens with two attached hydrogens (primary N) is 1. The molecule has 4 N–H and O–H groups in total. The molecule has 11 heteroatoms. The van der Waals surface area contributed by atoms with Crippen molar-refractivity contribution in [1.82, 2.24) is 14.8 Å². The number of rotatable bonds is 4. The van der Waals surface area contributed by atoms with E-state index in [1.807, 2.05) is 0 Å². The number of aryl methyl sites for hydroxylation is 1. The van der Waals surface area contributed by atoms with Crippen molar-refractivity contribution in [3.05, 3.63) is 39.2 Å². The summed E-state index contributed by atoms with van der Waals surface area (Å²) in [5.74, 6) is 4.77. The summed E-state index contributed by atoms with van der Waals surface area (Å²) in [6.07, 6.45) is 1.26. The highest BCUT2D eigenvalue weighted by molar-refractivity contribution is 6.34. The van der Waals surface area contributed by atoms with Gasteiger partial charge in [0, 0.05) is 18.7 Å². The molecule has 0 aliphatic heterocycles. The van der Waals surface area contributed by atoms with Gasteiger partial charge in [0.1, 0.15) is 12.0 Å². The van der Waals surface area contributed by atoms with Gasteiger partial charge in [-0.2, -0.15) is 10.1 Å². The van der Waals surface area contributed by atoms with E-state index in [0.717, 1.165) is 6.07 Å². The van der Waals surface area contributed by atoms with Gasteiger partial charge in [-0.3, -0.25) is 26.1 Å². The van der Waals surface area contributed by atoms with Gasteiger partial charge < -0.3 is 5.43 Å². The van der Waals surface area contributed by atoms with Crippen molar-refractivity contribution in [1.29, 1.82) is 0 Å². The first kappa shape index (κ1) is 14.7. The number of nitrogen functional groups attached to an aromatic ring is 1. The van der Waals surface area contributed by atoms with Crippen molar-refractivity contribution < 1.29 is 9.72 Å². The number of nitro benzene ring substituents is 1. The zero-order valence-corrected chi connectivity index (χ0v) is 11.5. The second kappa shape index (κ2) is 5.73. The zero-order chi connectivity index (χ0) is 15.6. The predicted molar refractivity (Wildman–Crippen MR) is 74.9 cm³/mol. The average Bonchev–Trinajstić information content (AvgIpc) is 2.83. The van der Waals surface area contributed by atoms with Crippen LogP contribution < -0.4 is 16.6 Å². The number of anilines is 2. The van der Waals surface area contributed by atoms with Gasteiger partial charge in [-0.25, -0.2) is 4.68 Å². The summed E-state index contributed by atoms with van der Waals surface area (Å²) in [6, 6.07) is 2.32. The minimum absolute atomic E-state index is 0.00583. The Morgan fingerprint density at radius 2 is 2.24 bits per heavy atom. The number of halogens is 1. The van der Waals surface area contributed by atoms with Crippen molar-refractivity contribution in [3.8, 4) is 0 Å². The summed E-state index contributed by atoms with van der Waals surface area (Å²) in [5.41, 5.74) is 1.65. The Bertz CT molecular complexity index is 715. The van der Waals surface area contributed by atoms with Crippen molar-refractivity contribution in [2.75, 3.05) is 10.7 Å². The lowest BCUT2D eigenvalue weighted by Crippen LogP contribution is -2.16. The fourth-order valence-corrected chi connectivity index (χ4v) is 1.86. The molecule has 1 aromatic heterocycles. The lowest BCUT2D eigenvalue weighted by atomic mass is 10.1. The molecule has 10 nitrogen and oxygen atoms in total. The highest BCUT2D eigenvalue weighted by atomic mass is 35.5. The van der Waals surface area contributed by atoms with Crippen LogP contribution in [-0.2, 0) is 7.05 Å². The first-order valence-corrected chi connectivity index (χ1v) is 5.91. The maximum atomic E-state index is 12.1. The van der Waals surface area contributed by atoms with Crippen LogP contribution in [0.15, 0.2) is 18.5 Å². The molecule has 1 aromatic carbocycles. The quantitative estimate of drug-likeness (QED) is 0.433. The number of aromatic nitrogens is 3. The maximum Gasteiger partial charge on any atom is 0.295 e. The molecule has 110 valence electrons. The van der Waals surface area contributed by atoms with E-state index < -0.39 is 16.5 Å². The molecule has 2 rings (SSSR count). The fourth-order valence-electron chi connectivity index (χ4n) is 1.59. The third-order valence-electron chi connectivity index (χ3n) is 2.61. The van der Waals surface area contributed by atoms with Gasteiger partial charge in [0.15, 0.2) is 0 Å². The van der Waals surface area contributed by atoms with Gasteiger partial charge in [0.25, 0.3) is 11.6 Å². The Balaban J connectivity index is 2.38. The van der Waals surface area contributed by atoms with Crippen LogP contribution >= 0.6 is 11.6 Å². The topological polar surface area (TPSA) is 141 Å². The molecule has 1 amide bonds. The average molecular weight is 312 g/mol. The van der Waals surface area contributed by atoms with Gasteiger partial charge in [-0.05, 0) is 6.07 Å². The molecule has 0 atom stereocenters. The molecule has 0 saturated heterocycles. The normalized spacial score (nSPS) is 10.2. The zero-order valence-electron chi connectivity index (χ0n) is 10.7. The van der Waals surface area contributed by atoms with Crippen LogP contribution in [0.1, 0.15) is 10.4 Å². The monoisotopic (exact) mass is 311 g/mol. The number of hydrogen-bond acceptors (Lipinski definition) is 7. The summed E-state index contributed by atoms with van der Waals surface area (Å²) in [6.45, 7) is 0. The Morgan fingerprint density at radius 3 is 2.76 bits per heavy atom. The fraction of sp³-hybridized carbons (Fsp3) is 0.100. The van der Waals surface area contributed by atoms with Crippen LogP contribution in [0, 0.1) is 10.1 Å². The molecular weight excluding hydrogens is 302 g/mol. The number of amides is 1. The van der Waals surface area contributed by atoms with E-state index in [-0.39, 0.29) is 22.2 Å². The van der Waals surface area contributed by atoms with Gasteiger partial charge in [-0.15, -0.1) is 0 Å². The van der Waals surface area contributed by atoms with Gasteiger partial charge >= 0.3 is 0 Å². The smallest absolute Gasteiger partial charge is 0.295 e. The molecule has 0 spiro atoms. The number of nitrogens with one attached hydrogen (secondary N) is 2. The number of hydrogen-bond donors (Lipinski definition) is 3. The lowest BCUT2D eigenvalue weighted by molar-refractivity contribution is -0.384. The van der Waals surface area contributed by atoms with Gasteiger partial charge in [0.05, 0.1) is 9.95 Å². The molecule has 1 heterocycles. The number of nitro groups is 1. The first-order valence-electron chi connectivity index (χ1n) is 5.54. The van der Waals surface area contributed by atoms with E-state index in [4.69, 9.17) is 17.4 Å². The summed E-state index contributed by atoms with van der Waals surface area (Å²) in [4.78, 5) is 26.2. The molecule has 0 saturated carbocycles. The highest BCUT2D eigenvalue weighted by Crippen LogP contribution is 2.33. The Labute approximate surface area is 123 Å². The van der Waals surface area contributed by atoms with Crippen LogP contribution in [-0.4, -0.2) is 25.6 Å². The van der Waals surface area contributed by atoms with Crippen molar-refractivity contribution in [2.45, 2.75) is 0 Å².